The van der Waals surface area contributed by atoms with Crippen LogP contribution < -0.4 is 15.0 Å². The van der Waals surface area contributed by atoms with Gasteiger partial charge in [-0.25, -0.2) is 13.8 Å². The van der Waals surface area contributed by atoms with Crippen LogP contribution in [0.25, 0.3) is 0 Å². The highest BCUT2D eigenvalue weighted by Crippen LogP contribution is 2.19. The van der Waals surface area contributed by atoms with Gasteiger partial charge in [0.05, 0.1) is 0 Å². The SMILES string of the molecule is CCc1nsc(N2CCN(C(=NC)NCc3cccc(OCC(F)F)c3)CC2)n1. The number of nitrogens with zero attached hydrogens (tertiary/aromatic N) is 5. The van der Waals surface area contributed by atoms with Crippen LogP contribution >= 0.6 is 11.5 Å². The fourth-order valence-electron chi connectivity index (χ4n) is 3.04. The first kappa shape index (κ1) is 21.2. The Kier molecular flexibility index (Phi) is 7.56. The van der Waals surface area contributed by atoms with Gasteiger partial charge >= 0.3 is 0 Å². The summed E-state index contributed by atoms with van der Waals surface area (Å²) in [5.74, 6) is 2.15. The first-order valence-electron chi connectivity index (χ1n) is 9.62. The minimum Gasteiger partial charge on any atom is -0.488 e. The molecular weight excluding hydrogens is 398 g/mol. The number of hydrogen-bond donors (Lipinski definition) is 1. The lowest BCUT2D eigenvalue weighted by molar-refractivity contribution is 0.0818. The Hall–Kier alpha value is -2.49. The van der Waals surface area contributed by atoms with Gasteiger partial charge in [0.15, 0.2) is 5.96 Å². The third kappa shape index (κ3) is 5.99. The zero-order chi connectivity index (χ0) is 20.6. The number of aromatic nitrogens is 2. The Morgan fingerprint density at radius 1 is 1.31 bits per heavy atom. The highest BCUT2D eigenvalue weighted by Gasteiger charge is 2.22. The van der Waals surface area contributed by atoms with Crippen molar-refractivity contribution in [2.24, 2.45) is 4.99 Å². The van der Waals surface area contributed by atoms with Crippen molar-refractivity contribution in [2.75, 3.05) is 44.7 Å². The molecule has 0 spiro atoms. The summed E-state index contributed by atoms with van der Waals surface area (Å²) in [6.45, 7) is 5.37. The highest BCUT2D eigenvalue weighted by atomic mass is 32.1. The van der Waals surface area contributed by atoms with Gasteiger partial charge in [0.25, 0.3) is 6.43 Å². The van der Waals surface area contributed by atoms with Crippen LogP contribution in [0.4, 0.5) is 13.9 Å². The first-order chi connectivity index (χ1) is 14.1. The Balaban J connectivity index is 1.50. The summed E-state index contributed by atoms with van der Waals surface area (Å²) in [5, 5.41) is 4.32. The molecule has 29 heavy (non-hydrogen) atoms. The summed E-state index contributed by atoms with van der Waals surface area (Å²) >= 11 is 1.45. The van der Waals surface area contributed by atoms with E-state index in [9.17, 15) is 8.78 Å². The van der Waals surface area contributed by atoms with Crippen LogP contribution in [0, 0.1) is 0 Å². The minimum atomic E-state index is -2.48. The number of aryl methyl sites for hydroxylation is 1. The fraction of sp³-hybridized carbons (Fsp3) is 0.526. The average Bonchev–Trinajstić information content (AvgIpc) is 3.23. The molecule has 1 aromatic heterocycles. The summed E-state index contributed by atoms with van der Waals surface area (Å²) in [6, 6.07) is 7.17. The number of piperazine rings is 1. The lowest BCUT2D eigenvalue weighted by atomic mass is 10.2. The van der Waals surface area contributed by atoms with E-state index in [0.717, 1.165) is 55.1 Å². The van der Waals surface area contributed by atoms with Crippen LogP contribution in [0.3, 0.4) is 0 Å². The van der Waals surface area contributed by atoms with Crippen LogP contribution in [0.1, 0.15) is 18.3 Å². The molecule has 1 fully saturated rings. The number of hydrogen-bond acceptors (Lipinski definition) is 6. The van der Waals surface area contributed by atoms with E-state index in [4.69, 9.17) is 4.74 Å². The molecule has 0 unspecified atom stereocenters. The zero-order valence-corrected chi connectivity index (χ0v) is 17.5. The predicted octanol–water partition coefficient (Wildman–Crippen LogP) is 2.64. The molecule has 0 aliphatic carbocycles. The number of ether oxygens (including phenoxy) is 1. The minimum absolute atomic E-state index is 0.441. The molecule has 2 heterocycles. The molecule has 0 radical (unpaired) electrons. The molecule has 10 heteroatoms. The van der Waals surface area contributed by atoms with E-state index in [-0.39, 0.29) is 0 Å². The van der Waals surface area contributed by atoms with Gasteiger partial charge in [-0.2, -0.15) is 4.37 Å². The number of aliphatic imine (C=N–C) groups is 1. The van der Waals surface area contributed by atoms with Crippen molar-refractivity contribution in [3.05, 3.63) is 35.7 Å². The van der Waals surface area contributed by atoms with Crippen molar-refractivity contribution in [3.8, 4) is 5.75 Å². The maximum absolute atomic E-state index is 12.3. The third-order valence-electron chi connectivity index (χ3n) is 4.56. The Bertz CT molecular complexity index is 808. The molecule has 7 nitrogen and oxygen atoms in total. The molecule has 0 atom stereocenters. The van der Waals surface area contributed by atoms with Crippen LogP contribution in [0.2, 0.25) is 0 Å². The number of rotatable bonds is 7. The lowest BCUT2D eigenvalue weighted by Gasteiger charge is -2.36. The molecule has 158 valence electrons. The monoisotopic (exact) mass is 424 g/mol. The smallest absolute Gasteiger partial charge is 0.272 e. The molecule has 1 aliphatic rings. The Morgan fingerprint density at radius 3 is 2.76 bits per heavy atom. The van der Waals surface area contributed by atoms with E-state index < -0.39 is 13.0 Å². The van der Waals surface area contributed by atoms with E-state index >= 15 is 0 Å². The molecule has 1 aliphatic heterocycles. The number of anilines is 1. The van der Waals surface area contributed by atoms with Crippen LogP contribution in [0.5, 0.6) is 5.75 Å². The average molecular weight is 425 g/mol. The van der Waals surface area contributed by atoms with Crippen molar-refractivity contribution >= 4 is 22.6 Å². The third-order valence-corrected chi connectivity index (χ3v) is 5.38. The second-order valence-corrected chi connectivity index (χ2v) is 7.30. The topological polar surface area (TPSA) is 65.9 Å². The van der Waals surface area contributed by atoms with E-state index in [1.165, 1.54) is 11.5 Å². The molecule has 0 bridgehead atoms. The molecule has 3 rings (SSSR count). The molecular formula is C19H26F2N6OS. The van der Waals surface area contributed by atoms with E-state index in [1.54, 1.807) is 25.2 Å². The van der Waals surface area contributed by atoms with Crippen LogP contribution in [-0.2, 0) is 13.0 Å². The summed E-state index contributed by atoms with van der Waals surface area (Å²) in [5.41, 5.74) is 0.942. The van der Waals surface area contributed by atoms with Crippen molar-refractivity contribution in [1.82, 2.24) is 19.6 Å². The van der Waals surface area contributed by atoms with Gasteiger partial charge < -0.3 is 19.9 Å². The fourth-order valence-corrected chi connectivity index (χ4v) is 3.85. The number of benzene rings is 1. The first-order valence-corrected chi connectivity index (χ1v) is 10.4. The van der Waals surface area contributed by atoms with E-state index in [2.05, 4.69) is 36.4 Å². The maximum Gasteiger partial charge on any atom is 0.272 e. The van der Waals surface area contributed by atoms with Gasteiger partial charge in [-0.3, -0.25) is 4.99 Å². The van der Waals surface area contributed by atoms with Gasteiger partial charge in [-0.05, 0) is 17.7 Å². The second kappa shape index (κ2) is 10.3. The molecule has 1 saturated heterocycles. The molecule has 2 aromatic rings. The van der Waals surface area contributed by atoms with Crippen molar-refractivity contribution in [1.29, 1.82) is 0 Å². The number of alkyl halides is 2. The lowest BCUT2D eigenvalue weighted by Crippen LogP contribution is -2.52. The summed E-state index contributed by atoms with van der Waals surface area (Å²) in [4.78, 5) is 13.4. The van der Waals surface area contributed by atoms with Gasteiger partial charge in [-0.1, -0.05) is 19.1 Å². The van der Waals surface area contributed by atoms with Crippen LogP contribution in [0.15, 0.2) is 29.3 Å². The normalized spacial score (nSPS) is 15.1. The molecule has 0 amide bonds. The molecule has 0 saturated carbocycles. The standard InChI is InChI=1S/C19H26F2N6OS/c1-3-17-24-19(29-25-17)27-9-7-26(8-10-27)18(22-2)23-12-14-5-4-6-15(11-14)28-13-16(20)21/h4-6,11,16H,3,7-10,12-13H2,1-2H3,(H,22,23). The number of nitrogens with one attached hydrogen (secondary N) is 1. The maximum atomic E-state index is 12.3. The molecule has 1 aromatic carbocycles. The number of guanidine groups is 1. The van der Waals surface area contributed by atoms with Crippen LogP contribution in [-0.4, -0.2) is 66.5 Å². The van der Waals surface area contributed by atoms with Crippen molar-refractivity contribution in [3.63, 3.8) is 0 Å². The van der Waals surface area contributed by atoms with E-state index in [1.807, 2.05) is 6.07 Å². The Morgan fingerprint density at radius 2 is 2.10 bits per heavy atom. The van der Waals surface area contributed by atoms with Gasteiger partial charge in [-0.15, -0.1) is 0 Å². The second-order valence-electron chi connectivity index (χ2n) is 6.57. The molecule has 1 N–H and O–H groups in total. The quantitative estimate of drug-likeness (QED) is 0.545. The van der Waals surface area contributed by atoms with Crippen molar-refractivity contribution < 1.29 is 13.5 Å². The summed E-state index contributed by atoms with van der Waals surface area (Å²) in [7, 11) is 1.76. The van der Waals surface area contributed by atoms with E-state index in [0.29, 0.717) is 12.3 Å². The zero-order valence-electron chi connectivity index (χ0n) is 16.6. The predicted molar refractivity (Wildman–Crippen MR) is 111 cm³/mol. The van der Waals surface area contributed by atoms with Gasteiger partial charge in [0.1, 0.15) is 18.2 Å². The van der Waals surface area contributed by atoms with Crippen molar-refractivity contribution in [2.45, 2.75) is 26.3 Å². The van der Waals surface area contributed by atoms with Gasteiger partial charge in [0, 0.05) is 57.7 Å². The Labute approximate surface area is 173 Å². The number of halogens is 2. The largest absolute Gasteiger partial charge is 0.488 e. The summed E-state index contributed by atoms with van der Waals surface area (Å²) < 4.78 is 34.1. The van der Waals surface area contributed by atoms with Gasteiger partial charge in [0.2, 0.25) is 5.13 Å². The highest BCUT2D eigenvalue weighted by molar-refractivity contribution is 7.09. The summed E-state index contributed by atoms with van der Waals surface area (Å²) in [6.07, 6.45) is -1.63.